The monoisotopic (exact) mass is 339 g/mol. The number of thiophene rings is 1. The molecule has 0 radical (unpaired) electrons. The highest BCUT2D eigenvalue weighted by molar-refractivity contribution is 9.11. The van der Waals surface area contributed by atoms with Gasteiger partial charge in [0.1, 0.15) is 4.21 Å². The van der Waals surface area contributed by atoms with Crippen LogP contribution in [-0.2, 0) is 10.0 Å². The molecule has 2 rings (SSSR count). The summed E-state index contributed by atoms with van der Waals surface area (Å²) in [5, 5.41) is 10.1. The molecule has 0 amide bonds. The zero-order valence-electron chi connectivity index (χ0n) is 9.55. The van der Waals surface area contributed by atoms with E-state index < -0.39 is 15.6 Å². The van der Waals surface area contributed by atoms with E-state index in [-0.39, 0.29) is 19.0 Å². The molecule has 7 heteroatoms. The highest BCUT2D eigenvalue weighted by Gasteiger charge is 2.49. The van der Waals surface area contributed by atoms with Crippen molar-refractivity contribution in [3.63, 3.8) is 0 Å². The van der Waals surface area contributed by atoms with Crippen molar-refractivity contribution in [1.29, 1.82) is 0 Å². The Kier molecular flexibility index (Phi) is 3.42. The minimum Gasteiger partial charge on any atom is -0.387 e. The molecule has 96 valence electrons. The minimum absolute atomic E-state index is 0.0593. The fraction of sp³-hybridized carbons (Fsp3) is 0.600. The maximum absolute atomic E-state index is 12.1. The van der Waals surface area contributed by atoms with Gasteiger partial charge in [0.2, 0.25) is 0 Å². The average molecular weight is 340 g/mol. The van der Waals surface area contributed by atoms with Gasteiger partial charge in [0.05, 0.1) is 9.39 Å². The van der Waals surface area contributed by atoms with Crippen LogP contribution in [0.4, 0.5) is 0 Å². The third-order valence-corrected chi connectivity index (χ3v) is 7.00. The number of hydrogen-bond donors (Lipinski definition) is 1. The fourth-order valence-corrected chi connectivity index (χ4v) is 5.39. The van der Waals surface area contributed by atoms with Crippen LogP contribution in [0.5, 0.6) is 0 Å². The first-order valence-corrected chi connectivity index (χ1v) is 8.28. The van der Waals surface area contributed by atoms with Crippen LogP contribution in [0, 0.1) is 5.92 Å². The van der Waals surface area contributed by atoms with Crippen molar-refractivity contribution in [2.24, 2.45) is 5.92 Å². The summed E-state index contributed by atoms with van der Waals surface area (Å²) in [6.07, 6.45) is 0. The smallest absolute Gasteiger partial charge is 0.252 e. The van der Waals surface area contributed by atoms with Gasteiger partial charge in [0.25, 0.3) is 10.0 Å². The number of β-amino-alcohol motifs (C(OH)–C–C–N with tert-alkyl or cyclic N) is 1. The molecule has 0 bridgehead atoms. The van der Waals surface area contributed by atoms with E-state index >= 15 is 0 Å². The summed E-state index contributed by atoms with van der Waals surface area (Å²) in [5.74, 6) is 0.0593. The van der Waals surface area contributed by atoms with Gasteiger partial charge in [-0.3, -0.25) is 0 Å². The third-order valence-electron chi connectivity index (χ3n) is 3.12. The fourth-order valence-electron chi connectivity index (χ4n) is 1.66. The maximum Gasteiger partial charge on any atom is 0.252 e. The van der Waals surface area contributed by atoms with Crippen LogP contribution in [0.15, 0.2) is 20.1 Å². The molecule has 17 heavy (non-hydrogen) atoms. The molecule has 1 aromatic heterocycles. The van der Waals surface area contributed by atoms with Crippen LogP contribution in [0.1, 0.15) is 13.8 Å². The SMILES string of the molecule is CC(C)C1(O)CN(S(=O)(=O)c2ccc(Br)s2)C1. The summed E-state index contributed by atoms with van der Waals surface area (Å²) in [6, 6.07) is 3.29. The van der Waals surface area contributed by atoms with E-state index in [1.165, 1.54) is 15.6 Å². The second-order valence-electron chi connectivity index (χ2n) is 4.59. The van der Waals surface area contributed by atoms with Gasteiger partial charge in [-0.15, -0.1) is 11.3 Å². The number of hydrogen-bond acceptors (Lipinski definition) is 4. The summed E-state index contributed by atoms with van der Waals surface area (Å²) >= 11 is 4.43. The summed E-state index contributed by atoms with van der Waals surface area (Å²) in [4.78, 5) is 0. The van der Waals surface area contributed by atoms with Gasteiger partial charge in [-0.05, 0) is 34.0 Å². The predicted octanol–water partition coefficient (Wildman–Crippen LogP) is 1.90. The Morgan fingerprint density at radius 1 is 1.47 bits per heavy atom. The van der Waals surface area contributed by atoms with Gasteiger partial charge in [0, 0.05) is 13.1 Å². The van der Waals surface area contributed by atoms with Crippen LogP contribution in [0.25, 0.3) is 0 Å². The van der Waals surface area contributed by atoms with Gasteiger partial charge in [-0.1, -0.05) is 13.8 Å². The molecule has 1 fully saturated rings. The Morgan fingerprint density at radius 2 is 2.06 bits per heavy atom. The molecule has 2 heterocycles. The second-order valence-corrected chi connectivity index (χ2v) is 9.22. The van der Waals surface area contributed by atoms with E-state index in [9.17, 15) is 13.5 Å². The number of halogens is 1. The Bertz CT molecular complexity index is 517. The molecule has 0 unspecified atom stereocenters. The second kappa shape index (κ2) is 4.31. The maximum atomic E-state index is 12.1. The number of rotatable bonds is 3. The largest absolute Gasteiger partial charge is 0.387 e. The van der Waals surface area contributed by atoms with Crippen LogP contribution >= 0.6 is 27.3 Å². The van der Waals surface area contributed by atoms with Gasteiger partial charge in [0.15, 0.2) is 0 Å². The lowest BCUT2D eigenvalue weighted by atomic mass is 9.85. The Morgan fingerprint density at radius 3 is 2.47 bits per heavy atom. The molecule has 1 aliphatic rings. The lowest BCUT2D eigenvalue weighted by Crippen LogP contribution is -2.65. The zero-order chi connectivity index (χ0) is 12.8. The standard InChI is InChI=1S/C10H14BrNO3S2/c1-7(2)10(13)5-12(6-10)17(14,15)9-4-3-8(11)16-9/h3-4,7,13H,5-6H2,1-2H3. The van der Waals surface area contributed by atoms with Gasteiger partial charge >= 0.3 is 0 Å². The lowest BCUT2D eigenvalue weighted by Gasteiger charge is -2.47. The van der Waals surface area contributed by atoms with Crippen molar-refractivity contribution in [3.8, 4) is 0 Å². The zero-order valence-corrected chi connectivity index (χ0v) is 12.8. The normalized spacial score (nSPS) is 20.5. The summed E-state index contributed by atoms with van der Waals surface area (Å²) in [6.45, 7) is 4.16. The summed E-state index contributed by atoms with van der Waals surface area (Å²) in [5.41, 5.74) is -0.873. The highest BCUT2D eigenvalue weighted by atomic mass is 79.9. The van der Waals surface area contributed by atoms with Gasteiger partial charge < -0.3 is 5.11 Å². The van der Waals surface area contributed by atoms with E-state index in [0.29, 0.717) is 4.21 Å². The van der Waals surface area contributed by atoms with Crippen molar-refractivity contribution in [2.75, 3.05) is 13.1 Å². The molecule has 0 spiro atoms. The molecule has 1 aliphatic heterocycles. The van der Waals surface area contributed by atoms with E-state index in [1.54, 1.807) is 12.1 Å². The van der Waals surface area contributed by atoms with Crippen LogP contribution in [0.3, 0.4) is 0 Å². The average Bonchev–Trinajstić information content (AvgIpc) is 2.60. The topological polar surface area (TPSA) is 57.6 Å². The van der Waals surface area contributed by atoms with Crippen LogP contribution in [0.2, 0.25) is 0 Å². The third kappa shape index (κ3) is 2.31. The molecule has 0 aliphatic carbocycles. The molecular weight excluding hydrogens is 326 g/mol. The quantitative estimate of drug-likeness (QED) is 0.914. The van der Waals surface area contributed by atoms with E-state index in [0.717, 1.165) is 3.79 Å². The lowest BCUT2D eigenvalue weighted by molar-refractivity contribution is -0.0931. The molecule has 1 aromatic rings. The first kappa shape index (κ1) is 13.5. The van der Waals surface area contributed by atoms with E-state index in [4.69, 9.17) is 0 Å². The highest BCUT2D eigenvalue weighted by Crippen LogP contribution is 2.36. The molecule has 1 N–H and O–H groups in total. The van der Waals surface area contributed by atoms with Crippen molar-refractivity contribution in [2.45, 2.75) is 23.7 Å². The molecule has 0 atom stereocenters. The molecular formula is C10H14BrNO3S2. The predicted molar refractivity (Wildman–Crippen MR) is 70.6 cm³/mol. The van der Waals surface area contributed by atoms with Crippen molar-refractivity contribution in [1.82, 2.24) is 4.31 Å². The number of aliphatic hydroxyl groups is 1. The van der Waals surface area contributed by atoms with Gasteiger partial charge in [-0.2, -0.15) is 4.31 Å². The summed E-state index contributed by atoms with van der Waals surface area (Å²) in [7, 11) is -3.42. The van der Waals surface area contributed by atoms with Crippen LogP contribution in [-0.4, -0.2) is 36.5 Å². The van der Waals surface area contributed by atoms with Crippen molar-refractivity contribution in [3.05, 3.63) is 15.9 Å². The molecule has 1 saturated heterocycles. The minimum atomic E-state index is -3.42. The molecule has 4 nitrogen and oxygen atoms in total. The Labute approximate surface area is 113 Å². The Hall–Kier alpha value is 0.0500. The van der Waals surface area contributed by atoms with Crippen molar-refractivity contribution >= 4 is 37.3 Å². The molecule has 0 aromatic carbocycles. The first-order chi connectivity index (χ1) is 7.75. The molecule has 0 saturated carbocycles. The van der Waals surface area contributed by atoms with E-state index in [1.807, 2.05) is 13.8 Å². The summed E-state index contributed by atoms with van der Waals surface area (Å²) < 4.78 is 26.7. The number of nitrogens with zero attached hydrogens (tertiary/aromatic N) is 1. The number of sulfonamides is 1. The van der Waals surface area contributed by atoms with Crippen LogP contribution < -0.4 is 0 Å². The van der Waals surface area contributed by atoms with E-state index in [2.05, 4.69) is 15.9 Å². The van der Waals surface area contributed by atoms with Gasteiger partial charge in [-0.25, -0.2) is 8.42 Å². The Balaban J connectivity index is 2.16. The van der Waals surface area contributed by atoms with Crippen molar-refractivity contribution < 1.29 is 13.5 Å². The first-order valence-electron chi connectivity index (χ1n) is 5.23.